The number of hydrogen-bond donors (Lipinski definition) is 2. The standard InChI is InChI=1S/C33H50FN5O3/c1-33(2,3)42-32(41)36-23-26-11-9-25(10-12-26)22-35-31(40)28-21-30(37-29-8-6-5-7-27(28)29)39-18-14-24(15-19-39)13-17-38(4)20-16-34/h5-8,21,24-26H,9-20,22-23H2,1-4H3,(H,35,40)(H,36,41)/t25-,26-. The lowest BCUT2D eigenvalue weighted by atomic mass is 9.82. The molecule has 232 valence electrons. The number of aromatic nitrogens is 1. The van der Waals surface area contributed by atoms with Gasteiger partial charge in [0.2, 0.25) is 0 Å². The van der Waals surface area contributed by atoms with Gasteiger partial charge < -0.3 is 25.2 Å². The van der Waals surface area contributed by atoms with Gasteiger partial charge in [0.05, 0.1) is 11.1 Å². The van der Waals surface area contributed by atoms with E-state index in [1.807, 2.05) is 58.2 Å². The second-order valence-electron chi connectivity index (χ2n) is 13.2. The van der Waals surface area contributed by atoms with Crippen molar-refractivity contribution in [3.8, 4) is 0 Å². The Hall–Kier alpha value is -2.94. The number of benzene rings is 1. The minimum absolute atomic E-state index is 0.0469. The van der Waals surface area contributed by atoms with E-state index in [0.29, 0.717) is 43.0 Å². The predicted octanol–water partition coefficient (Wildman–Crippen LogP) is 5.80. The summed E-state index contributed by atoms with van der Waals surface area (Å²) in [6, 6.07) is 9.85. The first kappa shape index (κ1) is 32.0. The second-order valence-corrected chi connectivity index (χ2v) is 13.2. The third-order valence-electron chi connectivity index (χ3n) is 8.72. The minimum atomic E-state index is -0.493. The highest BCUT2D eigenvalue weighted by molar-refractivity contribution is 6.07. The van der Waals surface area contributed by atoms with Crippen molar-refractivity contribution < 1.29 is 18.7 Å². The van der Waals surface area contributed by atoms with Gasteiger partial charge in [-0.25, -0.2) is 14.2 Å². The Morgan fingerprint density at radius 2 is 1.62 bits per heavy atom. The molecule has 1 aromatic carbocycles. The summed E-state index contributed by atoms with van der Waals surface area (Å²) in [6.07, 6.45) is 7.00. The number of amides is 2. The Bertz CT molecular complexity index is 1170. The number of nitrogens with one attached hydrogen (secondary N) is 2. The zero-order valence-electron chi connectivity index (χ0n) is 26.0. The van der Waals surface area contributed by atoms with Crippen LogP contribution < -0.4 is 15.5 Å². The van der Waals surface area contributed by atoms with Crippen LogP contribution in [-0.2, 0) is 4.74 Å². The van der Waals surface area contributed by atoms with Crippen LogP contribution in [0.1, 0.15) is 76.1 Å². The predicted molar refractivity (Wildman–Crippen MR) is 167 cm³/mol. The molecule has 9 heteroatoms. The Morgan fingerprint density at radius 1 is 0.976 bits per heavy atom. The molecule has 42 heavy (non-hydrogen) atoms. The first-order valence-electron chi connectivity index (χ1n) is 15.8. The van der Waals surface area contributed by atoms with Crippen molar-refractivity contribution in [2.24, 2.45) is 17.8 Å². The summed E-state index contributed by atoms with van der Waals surface area (Å²) in [5.74, 6) is 2.33. The fraction of sp³-hybridized carbons (Fsp3) is 0.667. The fourth-order valence-electron chi connectivity index (χ4n) is 6.13. The summed E-state index contributed by atoms with van der Waals surface area (Å²) in [7, 11) is 1.98. The molecule has 0 spiro atoms. The molecular formula is C33H50FN5O3. The number of para-hydroxylation sites is 1. The quantitative estimate of drug-likeness (QED) is 0.348. The molecule has 1 aliphatic heterocycles. The smallest absolute Gasteiger partial charge is 0.407 e. The number of nitrogens with zero attached hydrogens (tertiary/aromatic N) is 3. The number of hydrogen-bond acceptors (Lipinski definition) is 6. The van der Waals surface area contributed by atoms with E-state index < -0.39 is 5.60 Å². The molecule has 1 aromatic heterocycles. The van der Waals surface area contributed by atoms with Gasteiger partial charge in [-0.05, 0) is 109 Å². The van der Waals surface area contributed by atoms with Gasteiger partial charge >= 0.3 is 6.09 Å². The highest BCUT2D eigenvalue weighted by atomic mass is 19.1. The van der Waals surface area contributed by atoms with Gasteiger partial charge in [0, 0.05) is 38.1 Å². The molecule has 2 amide bonds. The van der Waals surface area contributed by atoms with Crippen LogP contribution in [0.4, 0.5) is 15.0 Å². The number of ether oxygens (including phenoxy) is 1. The summed E-state index contributed by atoms with van der Waals surface area (Å²) in [6.45, 7) is 9.84. The van der Waals surface area contributed by atoms with E-state index in [-0.39, 0.29) is 18.7 Å². The molecule has 0 unspecified atom stereocenters. The molecule has 1 saturated heterocycles. The molecule has 2 heterocycles. The third kappa shape index (κ3) is 9.54. The van der Waals surface area contributed by atoms with Crippen molar-refractivity contribution in [1.82, 2.24) is 20.5 Å². The van der Waals surface area contributed by atoms with E-state index in [2.05, 4.69) is 20.4 Å². The van der Waals surface area contributed by atoms with Crippen LogP contribution in [0.25, 0.3) is 10.9 Å². The molecule has 2 aromatic rings. The number of piperidine rings is 1. The number of carbonyl (C=O) groups excluding carboxylic acids is 2. The average molecular weight is 584 g/mol. The minimum Gasteiger partial charge on any atom is -0.444 e. The summed E-state index contributed by atoms with van der Waals surface area (Å²) >= 11 is 0. The zero-order chi connectivity index (χ0) is 30.1. The normalized spacial score (nSPS) is 20.1. The van der Waals surface area contributed by atoms with Crippen LogP contribution in [0.15, 0.2) is 30.3 Å². The molecule has 8 nitrogen and oxygen atoms in total. The van der Waals surface area contributed by atoms with Gasteiger partial charge in [-0.1, -0.05) is 18.2 Å². The maximum Gasteiger partial charge on any atom is 0.407 e. The molecule has 4 rings (SSSR count). The van der Waals surface area contributed by atoms with Crippen molar-refractivity contribution >= 4 is 28.7 Å². The summed E-state index contributed by atoms with van der Waals surface area (Å²) in [5.41, 5.74) is 1.03. The molecular weight excluding hydrogens is 533 g/mol. The number of rotatable bonds is 11. The van der Waals surface area contributed by atoms with E-state index in [1.54, 1.807) is 0 Å². The maximum absolute atomic E-state index is 13.5. The van der Waals surface area contributed by atoms with Gasteiger partial charge in [0.15, 0.2) is 0 Å². The van der Waals surface area contributed by atoms with Crippen LogP contribution in [0, 0.1) is 17.8 Å². The van der Waals surface area contributed by atoms with Crippen molar-refractivity contribution in [2.75, 3.05) is 57.9 Å². The van der Waals surface area contributed by atoms with Crippen molar-refractivity contribution in [3.05, 3.63) is 35.9 Å². The summed E-state index contributed by atoms with van der Waals surface area (Å²) in [5, 5.41) is 7.00. The SMILES string of the molecule is CN(CCF)CCC1CCN(c2cc(C(=O)NC[C@H]3CC[C@H](CNC(=O)OC(C)(C)C)CC3)c3ccccc3n2)CC1. The first-order chi connectivity index (χ1) is 20.1. The number of pyridine rings is 1. The van der Waals surface area contributed by atoms with Crippen molar-refractivity contribution in [2.45, 2.75) is 71.3 Å². The number of anilines is 1. The van der Waals surface area contributed by atoms with Gasteiger partial charge in [-0.2, -0.15) is 0 Å². The Balaban J connectivity index is 1.29. The van der Waals surface area contributed by atoms with Gasteiger partial charge in [-0.15, -0.1) is 0 Å². The average Bonchev–Trinajstić information content (AvgIpc) is 2.97. The van der Waals surface area contributed by atoms with Crippen LogP contribution in [-0.4, -0.2) is 80.5 Å². The lowest BCUT2D eigenvalue weighted by Gasteiger charge is -2.34. The van der Waals surface area contributed by atoms with Crippen LogP contribution >= 0.6 is 0 Å². The lowest BCUT2D eigenvalue weighted by molar-refractivity contribution is 0.0512. The molecule has 0 radical (unpaired) electrons. The molecule has 1 saturated carbocycles. The summed E-state index contributed by atoms with van der Waals surface area (Å²) < 4.78 is 17.9. The number of carbonyl (C=O) groups is 2. The van der Waals surface area contributed by atoms with E-state index in [4.69, 9.17) is 9.72 Å². The van der Waals surface area contributed by atoms with E-state index in [0.717, 1.165) is 81.3 Å². The van der Waals surface area contributed by atoms with E-state index in [1.165, 1.54) is 0 Å². The van der Waals surface area contributed by atoms with E-state index >= 15 is 0 Å². The van der Waals surface area contributed by atoms with Crippen molar-refractivity contribution in [1.29, 1.82) is 0 Å². The van der Waals surface area contributed by atoms with Gasteiger partial charge in [0.25, 0.3) is 5.91 Å². The topological polar surface area (TPSA) is 86.8 Å². The van der Waals surface area contributed by atoms with E-state index in [9.17, 15) is 14.0 Å². The third-order valence-corrected chi connectivity index (χ3v) is 8.72. The highest BCUT2D eigenvalue weighted by Crippen LogP contribution is 2.30. The summed E-state index contributed by atoms with van der Waals surface area (Å²) in [4.78, 5) is 34.8. The largest absolute Gasteiger partial charge is 0.444 e. The van der Waals surface area contributed by atoms with Gasteiger partial charge in [-0.3, -0.25) is 4.79 Å². The molecule has 2 fully saturated rings. The number of alkyl carbamates (subject to hydrolysis) is 1. The second kappa shape index (κ2) is 15.0. The number of fused-ring (bicyclic) bond motifs is 1. The Labute approximate surface area is 250 Å². The molecule has 2 N–H and O–H groups in total. The maximum atomic E-state index is 13.5. The highest BCUT2D eigenvalue weighted by Gasteiger charge is 2.25. The first-order valence-corrected chi connectivity index (χ1v) is 15.8. The lowest BCUT2D eigenvalue weighted by Crippen LogP contribution is -2.37. The van der Waals surface area contributed by atoms with Gasteiger partial charge in [0.1, 0.15) is 18.1 Å². The monoisotopic (exact) mass is 583 g/mol. The fourth-order valence-corrected chi connectivity index (χ4v) is 6.13. The Morgan fingerprint density at radius 3 is 2.26 bits per heavy atom. The van der Waals surface area contributed by atoms with Crippen LogP contribution in [0.3, 0.4) is 0 Å². The van der Waals surface area contributed by atoms with Crippen molar-refractivity contribution in [3.63, 3.8) is 0 Å². The Kier molecular flexibility index (Phi) is 11.4. The van der Waals surface area contributed by atoms with Crippen LogP contribution in [0.5, 0.6) is 0 Å². The molecule has 0 atom stereocenters. The molecule has 2 aliphatic rings. The number of halogens is 1. The number of alkyl halides is 1. The molecule has 1 aliphatic carbocycles. The zero-order valence-corrected chi connectivity index (χ0v) is 26.0. The van der Waals surface area contributed by atoms with Crippen LogP contribution in [0.2, 0.25) is 0 Å². The molecule has 0 bridgehead atoms.